The SMILES string of the molecule is CC(C)C(NC(=O)c1ccccc1Cl)C(=O)N1CCCNCC1. The first kappa shape index (κ1) is 17.8. The average molecular weight is 338 g/mol. The van der Waals surface area contributed by atoms with Crippen molar-refractivity contribution in [3.05, 3.63) is 34.9 Å². The molecule has 1 atom stereocenters. The van der Waals surface area contributed by atoms with Gasteiger partial charge in [-0.05, 0) is 31.0 Å². The van der Waals surface area contributed by atoms with E-state index in [0.717, 1.165) is 26.1 Å². The molecule has 2 N–H and O–H groups in total. The van der Waals surface area contributed by atoms with Crippen LogP contribution in [0.5, 0.6) is 0 Å². The lowest BCUT2D eigenvalue weighted by molar-refractivity contribution is -0.134. The van der Waals surface area contributed by atoms with Crippen molar-refractivity contribution in [2.24, 2.45) is 5.92 Å². The quantitative estimate of drug-likeness (QED) is 0.882. The number of halogens is 1. The summed E-state index contributed by atoms with van der Waals surface area (Å²) in [7, 11) is 0. The first-order valence-electron chi connectivity index (χ1n) is 8.05. The maximum atomic E-state index is 12.8. The lowest BCUT2D eigenvalue weighted by atomic mass is 10.0. The molecule has 126 valence electrons. The molecule has 1 aliphatic rings. The molecule has 6 heteroatoms. The Bertz CT molecular complexity index is 555. The number of hydrogen-bond acceptors (Lipinski definition) is 3. The smallest absolute Gasteiger partial charge is 0.253 e. The van der Waals surface area contributed by atoms with Gasteiger partial charge in [0.2, 0.25) is 5.91 Å². The zero-order valence-corrected chi connectivity index (χ0v) is 14.4. The molecule has 1 aromatic carbocycles. The lowest BCUT2D eigenvalue weighted by Crippen LogP contribution is -2.52. The number of carbonyl (C=O) groups excluding carboxylic acids is 2. The normalized spacial score (nSPS) is 16.8. The lowest BCUT2D eigenvalue weighted by Gasteiger charge is -2.28. The Morgan fingerprint density at radius 1 is 1.22 bits per heavy atom. The molecule has 0 saturated carbocycles. The van der Waals surface area contributed by atoms with E-state index in [1.807, 2.05) is 18.7 Å². The van der Waals surface area contributed by atoms with E-state index in [1.54, 1.807) is 24.3 Å². The molecule has 1 heterocycles. The van der Waals surface area contributed by atoms with Crippen molar-refractivity contribution in [1.82, 2.24) is 15.5 Å². The maximum absolute atomic E-state index is 12.8. The molecule has 1 fully saturated rings. The summed E-state index contributed by atoms with van der Waals surface area (Å²) < 4.78 is 0. The van der Waals surface area contributed by atoms with E-state index >= 15 is 0 Å². The van der Waals surface area contributed by atoms with Crippen LogP contribution < -0.4 is 10.6 Å². The van der Waals surface area contributed by atoms with E-state index in [-0.39, 0.29) is 17.7 Å². The highest BCUT2D eigenvalue weighted by molar-refractivity contribution is 6.33. The monoisotopic (exact) mass is 337 g/mol. The highest BCUT2D eigenvalue weighted by Gasteiger charge is 2.29. The summed E-state index contributed by atoms with van der Waals surface area (Å²) in [6.45, 7) is 6.97. The number of carbonyl (C=O) groups is 2. The Balaban J connectivity index is 2.10. The van der Waals surface area contributed by atoms with Crippen LogP contribution in [0.1, 0.15) is 30.6 Å². The summed E-state index contributed by atoms with van der Waals surface area (Å²) in [5, 5.41) is 6.52. The first-order valence-corrected chi connectivity index (χ1v) is 8.43. The fraction of sp³-hybridized carbons (Fsp3) is 0.529. The maximum Gasteiger partial charge on any atom is 0.253 e. The molecule has 1 aliphatic heterocycles. The van der Waals surface area contributed by atoms with E-state index in [2.05, 4.69) is 10.6 Å². The number of hydrogen-bond donors (Lipinski definition) is 2. The molecule has 0 aromatic heterocycles. The molecule has 0 radical (unpaired) electrons. The molecular formula is C17H24ClN3O2. The fourth-order valence-corrected chi connectivity index (χ4v) is 2.86. The molecule has 0 aliphatic carbocycles. The number of nitrogens with zero attached hydrogens (tertiary/aromatic N) is 1. The highest BCUT2D eigenvalue weighted by atomic mass is 35.5. The van der Waals surface area contributed by atoms with Crippen molar-refractivity contribution in [3.63, 3.8) is 0 Å². The Morgan fingerprint density at radius 3 is 2.65 bits per heavy atom. The molecule has 2 amide bonds. The second-order valence-electron chi connectivity index (χ2n) is 6.10. The van der Waals surface area contributed by atoms with Crippen LogP contribution in [-0.4, -0.2) is 48.9 Å². The van der Waals surface area contributed by atoms with Crippen LogP contribution in [0.25, 0.3) is 0 Å². The van der Waals surface area contributed by atoms with Gasteiger partial charge in [0, 0.05) is 19.6 Å². The van der Waals surface area contributed by atoms with Crippen molar-refractivity contribution < 1.29 is 9.59 Å². The number of benzene rings is 1. The van der Waals surface area contributed by atoms with E-state index in [4.69, 9.17) is 11.6 Å². The van der Waals surface area contributed by atoms with E-state index in [0.29, 0.717) is 17.1 Å². The molecule has 0 bridgehead atoms. The summed E-state index contributed by atoms with van der Waals surface area (Å²) in [5.74, 6) is -0.329. The van der Waals surface area contributed by atoms with Gasteiger partial charge in [0.15, 0.2) is 0 Å². The van der Waals surface area contributed by atoms with Gasteiger partial charge in [-0.1, -0.05) is 37.6 Å². The minimum absolute atomic E-state index is 0.00477. The summed E-state index contributed by atoms with van der Waals surface area (Å²) in [5.41, 5.74) is 0.394. The zero-order valence-electron chi connectivity index (χ0n) is 13.6. The first-order chi connectivity index (χ1) is 11.0. The third kappa shape index (κ3) is 4.69. The van der Waals surface area contributed by atoms with Gasteiger partial charge in [0.05, 0.1) is 10.6 Å². The number of amides is 2. The molecule has 1 aromatic rings. The van der Waals surface area contributed by atoms with Gasteiger partial charge < -0.3 is 15.5 Å². The summed E-state index contributed by atoms with van der Waals surface area (Å²) in [6.07, 6.45) is 0.926. The van der Waals surface area contributed by atoms with Crippen LogP contribution in [0.4, 0.5) is 0 Å². The van der Waals surface area contributed by atoms with E-state index < -0.39 is 6.04 Å². The van der Waals surface area contributed by atoms with Crippen molar-refractivity contribution in [2.75, 3.05) is 26.2 Å². The summed E-state index contributed by atoms with van der Waals surface area (Å²) >= 11 is 6.07. The van der Waals surface area contributed by atoms with Crippen molar-refractivity contribution in [2.45, 2.75) is 26.3 Å². The average Bonchev–Trinajstić information content (AvgIpc) is 2.81. The number of nitrogens with one attached hydrogen (secondary N) is 2. The Hall–Kier alpha value is -1.59. The second-order valence-corrected chi connectivity index (χ2v) is 6.51. The third-order valence-corrected chi connectivity index (χ3v) is 4.32. The van der Waals surface area contributed by atoms with Gasteiger partial charge in [0.1, 0.15) is 6.04 Å². The van der Waals surface area contributed by atoms with Crippen molar-refractivity contribution >= 4 is 23.4 Å². The predicted octanol–water partition coefficient (Wildman–Crippen LogP) is 1.92. The largest absolute Gasteiger partial charge is 0.340 e. The fourth-order valence-electron chi connectivity index (χ4n) is 2.64. The Morgan fingerprint density at radius 2 is 1.96 bits per heavy atom. The number of rotatable bonds is 4. The molecule has 23 heavy (non-hydrogen) atoms. The Labute approximate surface area is 142 Å². The van der Waals surface area contributed by atoms with Gasteiger partial charge in [-0.3, -0.25) is 9.59 Å². The molecule has 0 spiro atoms. The van der Waals surface area contributed by atoms with Crippen molar-refractivity contribution in [1.29, 1.82) is 0 Å². The van der Waals surface area contributed by atoms with Crippen LogP contribution in [0.2, 0.25) is 5.02 Å². The predicted molar refractivity (Wildman–Crippen MR) is 91.6 cm³/mol. The van der Waals surface area contributed by atoms with Crippen LogP contribution in [0.3, 0.4) is 0 Å². The van der Waals surface area contributed by atoms with Gasteiger partial charge in [-0.25, -0.2) is 0 Å². The minimum Gasteiger partial charge on any atom is -0.340 e. The minimum atomic E-state index is -0.545. The summed E-state index contributed by atoms with van der Waals surface area (Å²) in [4.78, 5) is 27.1. The Kier molecular flexibility index (Phi) is 6.42. The standard InChI is InChI=1S/C17H24ClN3O2/c1-12(2)15(17(23)21-10-5-8-19-9-11-21)20-16(22)13-6-3-4-7-14(13)18/h3-4,6-7,12,15,19H,5,8-11H2,1-2H3,(H,20,22). The molecule has 1 unspecified atom stereocenters. The van der Waals surface area contributed by atoms with Crippen LogP contribution in [0, 0.1) is 5.92 Å². The molecule has 1 saturated heterocycles. The molecule has 5 nitrogen and oxygen atoms in total. The highest BCUT2D eigenvalue weighted by Crippen LogP contribution is 2.16. The third-order valence-electron chi connectivity index (χ3n) is 3.99. The van der Waals surface area contributed by atoms with Crippen LogP contribution in [-0.2, 0) is 4.79 Å². The molecular weight excluding hydrogens is 314 g/mol. The second kappa shape index (κ2) is 8.31. The van der Waals surface area contributed by atoms with Crippen molar-refractivity contribution in [3.8, 4) is 0 Å². The van der Waals surface area contributed by atoms with Gasteiger partial charge >= 0.3 is 0 Å². The zero-order chi connectivity index (χ0) is 16.8. The van der Waals surface area contributed by atoms with E-state index in [1.165, 1.54) is 0 Å². The van der Waals surface area contributed by atoms with E-state index in [9.17, 15) is 9.59 Å². The van der Waals surface area contributed by atoms with Gasteiger partial charge in [-0.2, -0.15) is 0 Å². The van der Waals surface area contributed by atoms with Gasteiger partial charge in [0.25, 0.3) is 5.91 Å². The van der Waals surface area contributed by atoms with Crippen LogP contribution >= 0.6 is 11.6 Å². The molecule has 2 rings (SSSR count). The van der Waals surface area contributed by atoms with Crippen LogP contribution in [0.15, 0.2) is 24.3 Å². The summed E-state index contributed by atoms with van der Waals surface area (Å²) in [6, 6.07) is 6.32. The van der Waals surface area contributed by atoms with Gasteiger partial charge in [-0.15, -0.1) is 0 Å². The topological polar surface area (TPSA) is 61.4 Å².